The van der Waals surface area contributed by atoms with Crippen molar-refractivity contribution in [3.05, 3.63) is 54.1 Å². The number of ether oxygens (including phenoxy) is 2. The van der Waals surface area contributed by atoms with E-state index < -0.39 is 0 Å². The summed E-state index contributed by atoms with van der Waals surface area (Å²) in [6.45, 7) is 0.719. The minimum atomic E-state index is -0.278. The van der Waals surface area contributed by atoms with Gasteiger partial charge in [-0.1, -0.05) is 18.2 Å². The van der Waals surface area contributed by atoms with Crippen LogP contribution in [-0.2, 0) is 16.1 Å². The number of amides is 1. The van der Waals surface area contributed by atoms with Gasteiger partial charge in [-0.05, 0) is 30.7 Å². The maximum absolute atomic E-state index is 12.4. The molecule has 0 aliphatic rings. The zero-order valence-electron chi connectivity index (χ0n) is 15.3. The maximum atomic E-state index is 12.4. The van der Waals surface area contributed by atoms with E-state index in [4.69, 9.17) is 14.7 Å². The van der Waals surface area contributed by atoms with Crippen LogP contribution in [0.15, 0.2) is 48.5 Å². The van der Waals surface area contributed by atoms with Crippen LogP contribution >= 0.6 is 0 Å². The maximum Gasteiger partial charge on any atom is 0.241 e. The molecule has 0 aliphatic heterocycles. The van der Waals surface area contributed by atoms with Crippen LogP contribution < -0.4 is 14.4 Å². The number of nitrogens with zero attached hydrogens (tertiary/aromatic N) is 2. The van der Waals surface area contributed by atoms with Gasteiger partial charge in [-0.15, -0.1) is 0 Å². The molecule has 2 rings (SSSR count). The molecule has 0 fully saturated rings. The van der Waals surface area contributed by atoms with Crippen LogP contribution in [0.4, 0.5) is 5.69 Å². The lowest BCUT2D eigenvalue weighted by Gasteiger charge is -2.23. The topological polar surface area (TPSA) is 79.6 Å². The standard InChI is InChI=1S/C21H22N2O4/c1-26-20-15-19(27-14-6-5-13-24)10-9-17(20)16-23(21(25)11-12-22)18-7-3-2-4-8-18/h2-4,7-10,13,15H,5-6,11,14,16H2,1H3. The molecule has 0 radical (unpaired) electrons. The third-order valence-corrected chi connectivity index (χ3v) is 3.92. The molecule has 1 amide bonds. The first-order chi connectivity index (χ1) is 13.2. The van der Waals surface area contributed by atoms with Gasteiger partial charge in [0, 0.05) is 23.7 Å². The Morgan fingerprint density at radius 3 is 2.67 bits per heavy atom. The molecule has 27 heavy (non-hydrogen) atoms. The molecule has 0 N–H and O–H groups in total. The Morgan fingerprint density at radius 1 is 1.22 bits per heavy atom. The number of para-hydroxylation sites is 1. The van der Waals surface area contributed by atoms with Crippen LogP contribution in [0.1, 0.15) is 24.8 Å². The highest BCUT2D eigenvalue weighted by Crippen LogP contribution is 2.28. The van der Waals surface area contributed by atoms with Crippen LogP contribution in [0.5, 0.6) is 11.5 Å². The van der Waals surface area contributed by atoms with Gasteiger partial charge in [0.05, 0.1) is 26.3 Å². The van der Waals surface area contributed by atoms with Crippen molar-refractivity contribution in [3.8, 4) is 17.6 Å². The van der Waals surface area contributed by atoms with Crippen molar-refractivity contribution >= 4 is 17.9 Å². The lowest BCUT2D eigenvalue weighted by atomic mass is 10.1. The fraction of sp³-hybridized carbons (Fsp3) is 0.286. The van der Waals surface area contributed by atoms with E-state index in [-0.39, 0.29) is 18.9 Å². The van der Waals surface area contributed by atoms with Crippen molar-refractivity contribution in [2.75, 3.05) is 18.6 Å². The molecular formula is C21H22N2O4. The zero-order chi connectivity index (χ0) is 19.5. The third-order valence-electron chi connectivity index (χ3n) is 3.92. The Bertz CT molecular complexity index is 800. The SMILES string of the molecule is COc1cc(OCCCC=O)ccc1CN(C(=O)CC#N)c1ccccc1. The van der Waals surface area contributed by atoms with E-state index >= 15 is 0 Å². The van der Waals surface area contributed by atoms with Gasteiger partial charge in [-0.25, -0.2) is 0 Å². The number of rotatable bonds is 10. The summed E-state index contributed by atoms with van der Waals surface area (Å²) in [7, 11) is 1.55. The molecule has 6 nitrogen and oxygen atoms in total. The van der Waals surface area contributed by atoms with Gasteiger partial charge in [0.1, 0.15) is 24.2 Å². The molecular weight excluding hydrogens is 344 g/mol. The number of methoxy groups -OCH3 is 1. The smallest absolute Gasteiger partial charge is 0.241 e. The molecule has 0 saturated heterocycles. The predicted molar refractivity (Wildman–Crippen MR) is 102 cm³/mol. The van der Waals surface area contributed by atoms with Crippen molar-refractivity contribution in [2.24, 2.45) is 0 Å². The van der Waals surface area contributed by atoms with Crippen molar-refractivity contribution in [3.63, 3.8) is 0 Å². The van der Waals surface area contributed by atoms with Gasteiger partial charge in [-0.2, -0.15) is 5.26 Å². The number of hydrogen-bond donors (Lipinski definition) is 0. The molecule has 6 heteroatoms. The van der Waals surface area contributed by atoms with Gasteiger partial charge < -0.3 is 19.2 Å². The number of benzene rings is 2. The fourth-order valence-electron chi connectivity index (χ4n) is 2.57. The molecule has 0 saturated carbocycles. The van der Waals surface area contributed by atoms with E-state index in [2.05, 4.69) is 0 Å². The number of carbonyl (C=O) groups is 2. The first-order valence-corrected chi connectivity index (χ1v) is 8.65. The largest absolute Gasteiger partial charge is 0.496 e. The van der Waals surface area contributed by atoms with E-state index in [1.54, 1.807) is 24.1 Å². The summed E-state index contributed by atoms with van der Waals surface area (Å²) in [5.41, 5.74) is 1.52. The first-order valence-electron chi connectivity index (χ1n) is 8.65. The zero-order valence-corrected chi connectivity index (χ0v) is 15.3. The van der Waals surface area contributed by atoms with E-state index in [0.29, 0.717) is 36.6 Å². The summed E-state index contributed by atoms with van der Waals surface area (Å²) < 4.78 is 11.1. The van der Waals surface area contributed by atoms with E-state index in [9.17, 15) is 9.59 Å². The monoisotopic (exact) mass is 366 g/mol. The van der Waals surface area contributed by atoms with Crippen molar-refractivity contribution < 1.29 is 19.1 Å². The number of carbonyl (C=O) groups excluding carboxylic acids is 2. The summed E-state index contributed by atoms with van der Waals surface area (Å²) >= 11 is 0. The molecule has 0 spiro atoms. The molecule has 0 aliphatic carbocycles. The fourth-order valence-corrected chi connectivity index (χ4v) is 2.57. The quantitative estimate of drug-likeness (QED) is 0.475. The van der Waals surface area contributed by atoms with Crippen LogP contribution in [0.25, 0.3) is 0 Å². The average molecular weight is 366 g/mol. The van der Waals surface area contributed by atoms with Crippen LogP contribution in [-0.4, -0.2) is 25.9 Å². The molecule has 0 bridgehead atoms. The molecule has 0 heterocycles. The summed E-state index contributed by atoms with van der Waals surface area (Å²) in [6.07, 6.45) is 1.78. The van der Waals surface area contributed by atoms with Crippen LogP contribution in [0, 0.1) is 11.3 Å². The molecule has 0 atom stereocenters. The number of hydrogen-bond acceptors (Lipinski definition) is 5. The summed E-state index contributed by atoms with van der Waals surface area (Å²) in [5.74, 6) is 0.949. The normalized spacial score (nSPS) is 9.93. The molecule has 2 aromatic carbocycles. The lowest BCUT2D eigenvalue weighted by Crippen LogP contribution is -2.30. The van der Waals surface area contributed by atoms with Crippen molar-refractivity contribution in [1.29, 1.82) is 5.26 Å². The Balaban J connectivity index is 2.20. The number of aldehydes is 1. The lowest BCUT2D eigenvalue weighted by molar-refractivity contribution is -0.117. The van der Waals surface area contributed by atoms with E-state index in [1.807, 2.05) is 42.5 Å². The Morgan fingerprint density at radius 2 is 2.00 bits per heavy atom. The van der Waals surface area contributed by atoms with Crippen LogP contribution in [0.2, 0.25) is 0 Å². The molecule has 0 unspecified atom stereocenters. The second kappa shape index (κ2) is 10.6. The highest BCUT2D eigenvalue weighted by Gasteiger charge is 2.18. The minimum Gasteiger partial charge on any atom is -0.496 e. The van der Waals surface area contributed by atoms with Crippen molar-refractivity contribution in [1.82, 2.24) is 0 Å². The molecule has 2 aromatic rings. The summed E-state index contributed by atoms with van der Waals surface area (Å²) in [4.78, 5) is 24.3. The van der Waals surface area contributed by atoms with Crippen molar-refractivity contribution in [2.45, 2.75) is 25.8 Å². The van der Waals surface area contributed by atoms with E-state index in [0.717, 1.165) is 11.8 Å². The molecule has 0 aromatic heterocycles. The Kier molecular flexibility index (Phi) is 7.86. The van der Waals surface area contributed by atoms with Gasteiger partial charge in [-0.3, -0.25) is 4.79 Å². The number of unbranched alkanes of at least 4 members (excludes halogenated alkanes) is 1. The second-order valence-electron chi connectivity index (χ2n) is 5.78. The highest BCUT2D eigenvalue weighted by molar-refractivity contribution is 5.94. The number of anilines is 1. The van der Waals surface area contributed by atoms with Gasteiger partial charge in [0.25, 0.3) is 0 Å². The Labute approximate surface area is 158 Å². The summed E-state index contributed by atoms with van der Waals surface area (Å²) in [5, 5.41) is 8.90. The second-order valence-corrected chi connectivity index (χ2v) is 5.78. The van der Waals surface area contributed by atoms with Crippen LogP contribution in [0.3, 0.4) is 0 Å². The minimum absolute atomic E-state index is 0.199. The molecule has 140 valence electrons. The third kappa shape index (κ3) is 5.86. The predicted octanol–water partition coefficient (Wildman–Crippen LogP) is 3.50. The first kappa shape index (κ1) is 20.0. The van der Waals surface area contributed by atoms with Gasteiger partial charge >= 0.3 is 0 Å². The highest BCUT2D eigenvalue weighted by atomic mass is 16.5. The summed E-state index contributed by atoms with van der Waals surface area (Å²) in [6, 6.07) is 16.5. The van der Waals surface area contributed by atoms with Gasteiger partial charge in [0.15, 0.2) is 0 Å². The number of nitriles is 1. The van der Waals surface area contributed by atoms with E-state index in [1.165, 1.54) is 0 Å². The average Bonchev–Trinajstić information content (AvgIpc) is 2.70. The van der Waals surface area contributed by atoms with Gasteiger partial charge in [0.2, 0.25) is 5.91 Å². The Hall–Kier alpha value is -3.33.